The van der Waals surface area contributed by atoms with Gasteiger partial charge in [0.15, 0.2) is 0 Å². The van der Waals surface area contributed by atoms with Gasteiger partial charge in [0.1, 0.15) is 0 Å². The molecule has 1 aromatic heterocycles. The minimum atomic E-state index is -0.0736. The number of aryl methyl sites for hydroxylation is 1. The highest BCUT2D eigenvalue weighted by molar-refractivity contribution is 5.93. The molecule has 72 valence electrons. The molecule has 0 radical (unpaired) electrons. The van der Waals surface area contributed by atoms with E-state index in [1.165, 1.54) is 0 Å². The molecule has 1 N–H and O–H groups in total. The summed E-state index contributed by atoms with van der Waals surface area (Å²) in [5, 5.41) is 2.54. The molecule has 0 spiro atoms. The van der Waals surface area contributed by atoms with E-state index < -0.39 is 0 Å². The van der Waals surface area contributed by atoms with Gasteiger partial charge in [-0.2, -0.15) is 0 Å². The summed E-state index contributed by atoms with van der Waals surface area (Å²) in [4.78, 5) is 15.0. The molecule has 0 fully saturated rings. The zero-order chi connectivity index (χ0) is 10.3. The largest absolute Gasteiger partial charge is 0.355 e. The van der Waals surface area contributed by atoms with Gasteiger partial charge in [0.25, 0.3) is 5.91 Å². The van der Waals surface area contributed by atoms with Crippen molar-refractivity contribution in [3.63, 3.8) is 0 Å². The zero-order valence-electron chi connectivity index (χ0n) is 8.59. The Morgan fingerprint density at radius 3 is 2.54 bits per heavy atom. The Hall–Kier alpha value is -1.38. The highest BCUT2D eigenvalue weighted by Gasteiger charge is 2.00. The molecule has 3 nitrogen and oxygen atoms in total. The number of hydrogen-bond donors (Lipinski definition) is 1. The van der Waals surface area contributed by atoms with Crippen LogP contribution < -0.4 is 5.32 Å². The fraction of sp³-hybridized carbons (Fsp3) is 0.400. The third-order valence-electron chi connectivity index (χ3n) is 1.39. The molecule has 1 heterocycles. The molecule has 1 aromatic rings. The zero-order valence-corrected chi connectivity index (χ0v) is 8.59. The van der Waals surface area contributed by atoms with Crippen molar-refractivity contribution in [3.8, 4) is 0 Å². The van der Waals surface area contributed by atoms with Gasteiger partial charge in [-0.15, -0.1) is 0 Å². The fourth-order valence-corrected chi connectivity index (χ4v) is 0.831. The lowest BCUT2D eigenvalue weighted by atomic mass is 10.2. The van der Waals surface area contributed by atoms with Crippen LogP contribution in [0.5, 0.6) is 0 Å². The number of hydrogen-bond acceptors (Lipinski definition) is 2. The first kappa shape index (κ1) is 11.6. The Morgan fingerprint density at radius 1 is 1.46 bits per heavy atom. The van der Waals surface area contributed by atoms with Gasteiger partial charge < -0.3 is 5.32 Å². The molecular formula is C10H16N2O. The molecule has 0 aliphatic carbocycles. The topological polar surface area (TPSA) is 42.0 Å². The van der Waals surface area contributed by atoms with Crippen molar-refractivity contribution in [3.05, 3.63) is 29.6 Å². The maximum Gasteiger partial charge on any atom is 0.251 e. The number of amides is 1. The predicted octanol–water partition coefficient (Wildman–Crippen LogP) is 1.78. The molecule has 1 amide bonds. The summed E-state index contributed by atoms with van der Waals surface area (Å²) in [7, 11) is 1.61. The number of nitrogens with one attached hydrogen (secondary N) is 1. The van der Waals surface area contributed by atoms with E-state index in [0.717, 1.165) is 5.69 Å². The van der Waals surface area contributed by atoms with E-state index in [1.807, 2.05) is 20.8 Å². The summed E-state index contributed by atoms with van der Waals surface area (Å²) in [6.45, 7) is 5.85. The standard InChI is InChI=1S/C8H10N2O.C2H6/c1-6-5-7(3-4-10-6)8(11)9-2;1-2/h3-5H,1-2H3,(H,9,11);1-2H3. The van der Waals surface area contributed by atoms with Gasteiger partial charge in [-0.3, -0.25) is 9.78 Å². The molecule has 0 aromatic carbocycles. The van der Waals surface area contributed by atoms with Gasteiger partial charge in [0.05, 0.1) is 0 Å². The van der Waals surface area contributed by atoms with Crippen LogP contribution in [0.15, 0.2) is 18.3 Å². The van der Waals surface area contributed by atoms with E-state index in [2.05, 4.69) is 10.3 Å². The van der Waals surface area contributed by atoms with Crippen LogP contribution in [0.3, 0.4) is 0 Å². The Morgan fingerprint density at radius 2 is 2.08 bits per heavy atom. The maximum atomic E-state index is 11.0. The van der Waals surface area contributed by atoms with Crippen LogP contribution in [0.4, 0.5) is 0 Å². The molecule has 3 heteroatoms. The van der Waals surface area contributed by atoms with Crippen LogP contribution >= 0.6 is 0 Å². The Bertz CT molecular complexity index is 271. The van der Waals surface area contributed by atoms with Crippen molar-refractivity contribution in [1.82, 2.24) is 10.3 Å². The minimum Gasteiger partial charge on any atom is -0.355 e. The smallest absolute Gasteiger partial charge is 0.251 e. The lowest BCUT2D eigenvalue weighted by molar-refractivity contribution is 0.0963. The first-order valence-electron chi connectivity index (χ1n) is 4.39. The number of carbonyl (C=O) groups excluding carboxylic acids is 1. The highest BCUT2D eigenvalue weighted by atomic mass is 16.1. The first-order valence-corrected chi connectivity index (χ1v) is 4.39. The van der Waals surface area contributed by atoms with Gasteiger partial charge >= 0.3 is 0 Å². The second-order valence-corrected chi connectivity index (χ2v) is 2.27. The summed E-state index contributed by atoms with van der Waals surface area (Å²) in [6.07, 6.45) is 1.62. The van der Waals surface area contributed by atoms with Crippen molar-refractivity contribution in [1.29, 1.82) is 0 Å². The monoisotopic (exact) mass is 180 g/mol. The normalized spacial score (nSPS) is 8.31. The molecule has 1 rings (SSSR count). The molecule has 0 aliphatic rings. The van der Waals surface area contributed by atoms with Crippen molar-refractivity contribution in [2.75, 3.05) is 7.05 Å². The van der Waals surface area contributed by atoms with Gasteiger partial charge in [-0.1, -0.05) is 13.8 Å². The van der Waals surface area contributed by atoms with E-state index in [1.54, 1.807) is 25.4 Å². The first-order chi connectivity index (χ1) is 6.24. The van der Waals surface area contributed by atoms with Gasteiger partial charge in [-0.05, 0) is 19.1 Å². The number of carbonyl (C=O) groups is 1. The van der Waals surface area contributed by atoms with Crippen LogP contribution in [0.25, 0.3) is 0 Å². The van der Waals surface area contributed by atoms with Crippen LogP contribution in [0.2, 0.25) is 0 Å². The Kier molecular flexibility index (Phi) is 5.52. The summed E-state index contributed by atoms with van der Waals surface area (Å²) < 4.78 is 0. The fourth-order valence-electron chi connectivity index (χ4n) is 0.831. The van der Waals surface area contributed by atoms with E-state index in [9.17, 15) is 4.79 Å². The highest BCUT2D eigenvalue weighted by Crippen LogP contribution is 1.99. The average molecular weight is 180 g/mol. The molecule has 0 saturated carbocycles. The van der Waals surface area contributed by atoms with Gasteiger partial charge in [0, 0.05) is 24.5 Å². The molecule has 0 unspecified atom stereocenters. The molecule has 0 saturated heterocycles. The summed E-state index contributed by atoms with van der Waals surface area (Å²) >= 11 is 0. The number of nitrogens with zero attached hydrogens (tertiary/aromatic N) is 1. The van der Waals surface area contributed by atoms with Crippen LogP contribution in [-0.2, 0) is 0 Å². The SMILES string of the molecule is CC.CNC(=O)c1ccnc(C)c1. The molecular weight excluding hydrogens is 164 g/mol. The third kappa shape index (κ3) is 3.69. The Labute approximate surface area is 79.2 Å². The number of pyridine rings is 1. The maximum absolute atomic E-state index is 11.0. The van der Waals surface area contributed by atoms with Crippen LogP contribution in [-0.4, -0.2) is 17.9 Å². The van der Waals surface area contributed by atoms with Crippen LogP contribution in [0, 0.1) is 6.92 Å². The molecule has 0 atom stereocenters. The second kappa shape index (κ2) is 6.17. The quantitative estimate of drug-likeness (QED) is 0.715. The van der Waals surface area contributed by atoms with Gasteiger partial charge in [-0.25, -0.2) is 0 Å². The van der Waals surface area contributed by atoms with Crippen LogP contribution in [0.1, 0.15) is 29.9 Å². The van der Waals surface area contributed by atoms with E-state index in [-0.39, 0.29) is 5.91 Å². The third-order valence-corrected chi connectivity index (χ3v) is 1.39. The average Bonchev–Trinajstić information content (AvgIpc) is 2.20. The molecule has 13 heavy (non-hydrogen) atoms. The lowest BCUT2D eigenvalue weighted by Crippen LogP contribution is -2.17. The van der Waals surface area contributed by atoms with Crippen molar-refractivity contribution in [2.24, 2.45) is 0 Å². The summed E-state index contributed by atoms with van der Waals surface area (Å²) in [6, 6.07) is 3.44. The number of rotatable bonds is 1. The van der Waals surface area contributed by atoms with Gasteiger partial charge in [0.2, 0.25) is 0 Å². The van der Waals surface area contributed by atoms with Crippen molar-refractivity contribution in [2.45, 2.75) is 20.8 Å². The molecule has 0 aliphatic heterocycles. The lowest BCUT2D eigenvalue weighted by Gasteiger charge is -1.98. The number of aromatic nitrogens is 1. The summed E-state index contributed by atoms with van der Waals surface area (Å²) in [5.41, 5.74) is 1.51. The van der Waals surface area contributed by atoms with Crippen molar-refractivity contribution < 1.29 is 4.79 Å². The molecule has 0 bridgehead atoms. The van der Waals surface area contributed by atoms with E-state index in [4.69, 9.17) is 0 Å². The predicted molar refractivity (Wildman–Crippen MR) is 53.7 cm³/mol. The summed E-state index contributed by atoms with van der Waals surface area (Å²) in [5.74, 6) is -0.0736. The van der Waals surface area contributed by atoms with Crippen molar-refractivity contribution >= 4 is 5.91 Å². The van der Waals surface area contributed by atoms with E-state index in [0.29, 0.717) is 5.56 Å². The second-order valence-electron chi connectivity index (χ2n) is 2.27. The Balaban J connectivity index is 0.000000671. The minimum absolute atomic E-state index is 0.0736. The van der Waals surface area contributed by atoms with E-state index >= 15 is 0 Å².